The molecule has 0 aliphatic heterocycles. The molecule has 0 spiro atoms. The monoisotopic (exact) mass is 236 g/mol. The van der Waals surface area contributed by atoms with Gasteiger partial charge in [0.05, 0.1) is 0 Å². The van der Waals surface area contributed by atoms with Crippen LogP contribution in [0.2, 0.25) is 0 Å². The van der Waals surface area contributed by atoms with E-state index in [1.165, 1.54) is 0 Å². The van der Waals surface area contributed by atoms with Crippen LogP contribution < -0.4 is 0 Å². The van der Waals surface area contributed by atoms with Gasteiger partial charge in [0.1, 0.15) is 0 Å². The normalized spacial score (nSPS) is 24.6. The van der Waals surface area contributed by atoms with E-state index < -0.39 is 5.92 Å². The summed E-state index contributed by atoms with van der Waals surface area (Å²) >= 11 is 5.50. The predicted molar refractivity (Wildman–Crippen MR) is 50.3 cm³/mol. The minimum Gasteiger partial charge on any atom is -0.425 e. The molecule has 1 saturated carbocycles. The van der Waals surface area contributed by atoms with Crippen molar-refractivity contribution in [2.45, 2.75) is 37.5 Å². The molecule has 2 rings (SSSR count). The topological polar surface area (TPSA) is 38.9 Å². The quantitative estimate of drug-likeness (QED) is 0.758. The van der Waals surface area contributed by atoms with E-state index in [1.54, 1.807) is 0 Å². The molecule has 84 valence electrons. The summed E-state index contributed by atoms with van der Waals surface area (Å²) in [5.74, 6) is -1.73. The van der Waals surface area contributed by atoms with Crippen LogP contribution in [0, 0.1) is 0 Å². The van der Waals surface area contributed by atoms with Crippen molar-refractivity contribution in [2.75, 3.05) is 5.88 Å². The first-order valence-electron chi connectivity index (χ1n) is 4.87. The standard InChI is InChI=1S/C9H11ClF2N2O/c10-4-2-7-13-14-8(15-7)6-1-3-9(11,12)5-6/h6H,1-5H2. The van der Waals surface area contributed by atoms with Gasteiger partial charge in [-0.3, -0.25) is 0 Å². The lowest BCUT2D eigenvalue weighted by Gasteiger charge is -2.06. The third-order valence-corrected chi connectivity index (χ3v) is 2.73. The summed E-state index contributed by atoms with van der Waals surface area (Å²) in [6.07, 6.45) is 0.619. The second-order valence-electron chi connectivity index (χ2n) is 3.77. The fourth-order valence-corrected chi connectivity index (χ4v) is 1.94. The summed E-state index contributed by atoms with van der Waals surface area (Å²) in [7, 11) is 0. The lowest BCUT2D eigenvalue weighted by molar-refractivity contribution is 0.00701. The summed E-state index contributed by atoms with van der Waals surface area (Å²) in [6.45, 7) is 0. The molecule has 0 amide bonds. The molecule has 1 heterocycles. The van der Waals surface area contributed by atoms with E-state index in [2.05, 4.69) is 10.2 Å². The molecule has 1 aliphatic carbocycles. The number of halogens is 3. The lowest BCUT2D eigenvalue weighted by atomic mass is 10.1. The van der Waals surface area contributed by atoms with Crippen molar-refractivity contribution >= 4 is 11.6 Å². The van der Waals surface area contributed by atoms with Gasteiger partial charge < -0.3 is 4.42 Å². The first-order chi connectivity index (χ1) is 7.11. The van der Waals surface area contributed by atoms with Gasteiger partial charge in [-0.05, 0) is 6.42 Å². The zero-order valence-electron chi connectivity index (χ0n) is 8.05. The van der Waals surface area contributed by atoms with E-state index in [0.717, 1.165) is 0 Å². The number of rotatable bonds is 3. The second-order valence-corrected chi connectivity index (χ2v) is 4.15. The van der Waals surface area contributed by atoms with Crippen LogP contribution in [0.3, 0.4) is 0 Å². The van der Waals surface area contributed by atoms with E-state index in [-0.39, 0.29) is 18.8 Å². The molecule has 3 nitrogen and oxygen atoms in total. The van der Waals surface area contributed by atoms with Gasteiger partial charge in [-0.25, -0.2) is 8.78 Å². The van der Waals surface area contributed by atoms with Crippen LogP contribution in [-0.2, 0) is 6.42 Å². The molecule has 0 bridgehead atoms. The Hall–Kier alpha value is -0.710. The fraction of sp³-hybridized carbons (Fsp3) is 0.778. The Labute approximate surface area is 90.8 Å². The lowest BCUT2D eigenvalue weighted by Crippen LogP contribution is -2.09. The van der Waals surface area contributed by atoms with Crippen LogP contribution in [0.4, 0.5) is 8.78 Å². The Kier molecular flexibility index (Phi) is 2.91. The summed E-state index contributed by atoms with van der Waals surface area (Å²) in [5, 5.41) is 7.53. The van der Waals surface area contributed by atoms with Gasteiger partial charge >= 0.3 is 0 Å². The maximum absolute atomic E-state index is 12.9. The molecule has 1 aromatic rings. The van der Waals surface area contributed by atoms with Crippen molar-refractivity contribution in [3.8, 4) is 0 Å². The van der Waals surface area contributed by atoms with E-state index >= 15 is 0 Å². The molecular formula is C9H11ClF2N2O. The molecule has 1 aliphatic rings. The number of hydrogen-bond donors (Lipinski definition) is 0. The highest BCUT2D eigenvalue weighted by molar-refractivity contribution is 6.17. The van der Waals surface area contributed by atoms with Crippen LogP contribution >= 0.6 is 11.6 Å². The van der Waals surface area contributed by atoms with Crippen LogP contribution in [0.15, 0.2) is 4.42 Å². The van der Waals surface area contributed by atoms with Gasteiger partial charge in [0.15, 0.2) is 0 Å². The Morgan fingerprint density at radius 2 is 2.27 bits per heavy atom. The number of alkyl halides is 3. The minimum absolute atomic E-state index is 0.0924. The van der Waals surface area contributed by atoms with Gasteiger partial charge in [-0.15, -0.1) is 21.8 Å². The SMILES string of the molecule is FC1(F)CCC(c2nnc(CCCl)o2)C1. The molecular weight excluding hydrogens is 226 g/mol. The Morgan fingerprint density at radius 3 is 2.87 bits per heavy atom. The van der Waals surface area contributed by atoms with E-state index in [0.29, 0.717) is 30.5 Å². The molecule has 0 saturated heterocycles. The molecule has 0 radical (unpaired) electrons. The second kappa shape index (κ2) is 4.04. The summed E-state index contributed by atoms with van der Waals surface area (Å²) in [6, 6.07) is 0. The summed E-state index contributed by atoms with van der Waals surface area (Å²) in [4.78, 5) is 0. The zero-order valence-corrected chi connectivity index (χ0v) is 8.81. The first kappa shape index (κ1) is 10.8. The van der Waals surface area contributed by atoms with E-state index in [4.69, 9.17) is 16.0 Å². The molecule has 1 fully saturated rings. The number of aryl methyl sites for hydroxylation is 1. The minimum atomic E-state index is -2.58. The van der Waals surface area contributed by atoms with E-state index in [9.17, 15) is 8.78 Å². The van der Waals surface area contributed by atoms with Crippen molar-refractivity contribution in [3.05, 3.63) is 11.8 Å². The zero-order chi connectivity index (χ0) is 10.9. The largest absolute Gasteiger partial charge is 0.425 e. The Bertz CT molecular complexity index is 343. The average molecular weight is 237 g/mol. The summed E-state index contributed by atoms with van der Waals surface area (Å²) < 4.78 is 31.1. The predicted octanol–water partition coefficient (Wildman–Crippen LogP) is 2.75. The smallest absolute Gasteiger partial charge is 0.248 e. The molecule has 1 atom stereocenters. The van der Waals surface area contributed by atoms with Crippen LogP contribution in [-0.4, -0.2) is 22.0 Å². The first-order valence-corrected chi connectivity index (χ1v) is 5.40. The molecule has 15 heavy (non-hydrogen) atoms. The van der Waals surface area contributed by atoms with Gasteiger partial charge in [0.25, 0.3) is 0 Å². The highest BCUT2D eigenvalue weighted by atomic mass is 35.5. The molecule has 1 aromatic heterocycles. The highest BCUT2D eigenvalue weighted by Crippen LogP contribution is 2.43. The van der Waals surface area contributed by atoms with Crippen LogP contribution in [0.5, 0.6) is 0 Å². The van der Waals surface area contributed by atoms with Gasteiger partial charge in [-0.2, -0.15) is 0 Å². The van der Waals surface area contributed by atoms with Gasteiger partial charge in [-0.1, -0.05) is 0 Å². The van der Waals surface area contributed by atoms with Crippen molar-refractivity contribution in [2.24, 2.45) is 0 Å². The van der Waals surface area contributed by atoms with Crippen molar-refractivity contribution < 1.29 is 13.2 Å². The van der Waals surface area contributed by atoms with Crippen LogP contribution in [0.1, 0.15) is 37.0 Å². The van der Waals surface area contributed by atoms with E-state index in [1.807, 2.05) is 0 Å². The van der Waals surface area contributed by atoms with Crippen molar-refractivity contribution in [1.29, 1.82) is 0 Å². The highest BCUT2D eigenvalue weighted by Gasteiger charge is 2.42. The Morgan fingerprint density at radius 1 is 1.47 bits per heavy atom. The maximum atomic E-state index is 12.9. The maximum Gasteiger partial charge on any atom is 0.248 e. The average Bonchev–Trinajstić information content (AvgIpc) is 2.73. The third-order valence-electron chi connectivity index (χ3n) is 2.54. The number of hydrogen-bond acceptors (Lipinski definition) is 3. The van der Waals surface area contributed by atoms with Crippen LogP contribution in [0.25, 0.3) is 0 Å². The molecule has 0 N–H and O–H groups in total. The summed E-state index contributed by atoms with van der Waals surface area (Å²) in [5.41, 5.74) is 0. The van der Waals surface area contributed by atoms with Gasteiger partial charge in [0, 0.05) is 31.1 Å². The number of aromatic nitrogens is 2. The fourth-order valence-electron chi connectivity index (χ4n) is 1.77. The molecule has 1 unspecified atom stereocenters. The molecule has 6 heteroatoms. The molecule has 0 aromatic carbocycles. The van der Waals surface area contributed by atoms with Gasteiger partial charge in [0.2, 0.25) is 17.7 Å². The van der Waals surface area contributed by atoms with Crippen molar-refractivity contribution in [3.63, 3.8) is 0 Å². The number of nitrogens with zero attached hydrogens (tertiary/aromatic N) is 2. The van der Waals surface area contributed by atoms with Crippen molar-refractivity contribution in [1.82, 2.24) is 10.2 Å². The Balaban J connectivity index is 2.04. The third kappa shape index (κ3) is 2.45.